The van der Waals surface area contributed by atoms with Gasteiger partial charge < -0.3 is 5.73 Å². The summed E-state index contributed by atoms with van der Waals surface area (Å²) in [6.07, 6.45) is 4.46. The molecule has 0 aliphatic heterocycles. The molecule has 0 spiro atoms. The Bertz CT molecular complexity index is 479. The highest BCUT2D eigenvalue weighted by Crippen LogP contribution is 2.39. The number of rotatable bonds is 7. The van der Waals surface area contributed by atoms with Crippen molar-refractivity contribution in [2.75, 3.05) is 0 Å². The monoisotopic (exact) mass is 281 g/mol. The van der Waals surface area contributed by atoms with Crippen LogP contribution in [0.15, 0.2) is 60.7 Å². The minimum absolute atomic E-state index is 0.0856. The average Bonchev–Trinajstić information content (AvgIpc) is 2.56. The van der Waals surface area contributed by atoms with E-state index in [0.717, 1.165) is 12.8 Å². The van der Waals surface area contributed by atoms with Crippen molar-refractivity contribution < 1.29 is 0 Å². The molecule has 2 rings (SSSR count). The summed E-state index contributed by atoms with van der Waals surface area (Å²) in [7, 11) is 0. The third kappa shape index (κ3) is 3.19. The first-order valence-electron chi connectivity index (χ1n) is 8.12. The van der Waals surface area contributed by atoms with Gasteiger partial charge in [-0.25, -0.2) is 0 Å². The van der Waals surface area contributed by atoms with Gasteiger partial charge in [-0.1, -0.05) is 87.4 Å². The van der Waals surface area contributed by atoms with Gasteiger partial charge >= 0.3 is 0 Å². The Hall–Kier alpha value is -1.60. The second-order valence-electron chi connectivity index (χ2n) is 5.81. The van der Waals surface area contributed by atoms with E-state index in [4.69, 9.17) is 5.73 Å². The van der Waals surface area contributed by atoms with E-state index >= 15 is 0 Å². The van der Waals surface area contributed by atoms with E-state index in [2.05, 4.69) is 74.5 Å². The summed E-state index contributed by atoms with van der Waals surface area (Å²) in [4.78, 5) is 0. The van der Waals surface area contributed by atoms with Crippen molar-refractivity contribution in [3.05, 3.63) is 71.8 Å². The molecule has 0 heterocycles. The summed E-state index contributed by atoms with van der Waals surface area (Å²) in [5.41, 5.74) is 9.30. The largest absolute Gasteiger partial charge is 0.327 e. The van der Waals surface area contributed by atoms with Crippen molar-refractivity contribution in [1.82, 2.24) is 0 Å². The Morgan fingerprint density at radius 1 is 0.857 bits per heavy atom. The Balaban J connectivity index is 2.51. The van der Waals surface area contributed by atoms with Gasteiger partial charge in [-0.3, -0.25) is 0 Å². The molecule has 0 bridgehead atoms. The Morgan fingerprint density at radius 2 is 1.33 bits per heavy atom. The Morgan fingerprint density at radius 3 is 1.71 bits per heavy atom. The maximum absolute atomic E-state index is 6.71. The minimum Gasteiger partial charge on any atom is -0.327 e. The fraction of sp³-hybridized carbons (Fsp3) is 0.400. The first-order chi connectivity index (χ1) is 10.3. The topological polar surface area (TPSA) is 26.0 Å². The molecular formula is C20H27N. The summed E-state index contributed by atoms with van der Waals surface area (Å²) in [6.45, 7) is 4.48. The molecule has 1 atom stereocenters. The first kappa shape index (κ1) is 15.8. The fourth-order valence-electron chi connectivity index (χ4n) is 3.41. The van der Waals surface area contributed by atoms with Crippen LogP contribution in [-0.2, 0) is 5.41 Å². The molecule has 0 fully saturated rings. The summed E-state index contributed by atoms with van der Waals surface area (Å²) in [5.74, 6) is 0. The summed E-state index contributed by atoms with van der Waals surface area (Å²) in [6, 6.07) is 21.7. The van der Waals surface area contributed by atoms with Crippen molar-refractivity contribution >= 4 is 0 Å². The maximum atomic E-state index is 6.71. The second-order valence-corrected chi connectivity index (χ2v) is 5.81. The van der Waals surface area contributed by atoms with Gasteiger partial charge in [0.05, 0.1) is 0 Å². The fourth-order valence-corrected chi connectivity index (χ4v) is 3.41. The van der Waals surface area contributed by atoms with Gasteiger partial charge in [0, 0.05) is 11.5 Å². The molecule has 2 aromatic carbocycles. The van der Waals surface area contributed by atoms with Crippen LogP contribution in [0.5, 0.6) is 0 Å². The lowest BCUT2D eigenvalue weighted by Crippen LogP contribution is -2.46. The van der Waals surface area contributed by atoms with Gasteiger partial charge in [0.1, 0.15) is 0 Å². The summed E-state index contributed by atoms with van der Waals surface area (Å²) in [5, 5.41) is 0. The zero-order valence-corrected chi connectivity index (χ0v) is 13.3. The lowest BCUT2D eigenvalue weighted by molar-refractivity contribution is 0.367. The van der Waals surface area contributed by atoms with Crippen LogP contribution in [0.1, 0.15) is 50.7 Å². The van der Waals surface area contributed by atoms with E-state index in [1.54, 1.807) is 0 Å². The van der Waals surface area contributed by atoms with E-state index < -0.39 is 0 Å². The van der Waals surface area contributed by atoms with Crippen LogP contribution >= 0.6 is 0 Å². The Labute approximate surface area is 129 Å². The molecular weight excluding hydrogens is 254 g/mol. The van der Waals surface area contributed by atoms with Crippen molar-refractivity contribution in [3.8, 4) is 0 Å². The molecule has 0 saturated carbocycles. The minimum atomic E-state index is -0.0856. The van der Waals surface area contributed by atoms with Crippen LogP contribution in [0.2, 0.25) is 0 Å². The first-order valence-corrected chi connectivity index (χ1v) is 8.12. The molecule has 0 saturated heterocycles. The van der Waals surface area contributed by atoms with Crippen LogP contribution in [0.4, 0.5) is 0 Å². The molecule has 0 aliphatic rings. The van der Waals surface area contributed by atoms with E-state index in [9.17, 15) is 0 Å². The smallest absolute Gasteiger partial charge is 0.0351 e. The highest BCUT2D eigenvalue weighted by atomic mass is 14.7. The van der Waals surface area contributed by atoms with Gasteiger partial charge in [-0.15, -0.1) is 0 Å². The predicted molar refractivity (Wildman–Crippen MR) is 91.5 cm³/mol. The molecule has 0 amide bonds. The second kappa shape index (κ2) is 7.42. The number of benzene rings is 2. The molecule has 0 aliphatic carbocycles. The van der Waals surface area contributed by atoms with Crippen molar-refractivity contribution in [3.63, 3.8) is 0 Å². The normalized spacial score (nSPS) is 13.1. The third-order valence-electron chi connectivity index (χ3n) is 4.64. The molecule has 0 aromatic heterocycles. The van der Waals surface area contributed by atoms with Crippen LogP contribution in [0, 0.1) is 0 Å². The zero-order chi connectivity index (χ0) is 15.1. The van der Waals surface area contributed by atoms with E-state index in [1.165, 1.54) is 24.0 Å². The van der Waals surface area contributed by atoms with Gasteiger partial charge in [-0.05, 0) is 24.0 Å². The third-order valence-corrected chi connectivity index (χ3v) is 4.64. The van der Waals surface area contributed by atoms with Gasteiger partial charge in [0.25, 0.3) is 0 Å². The SMILES string of the molecule is CCCCC(N)C(CC)(c1ccccc1)c1ccccc1. The Kier molecular flexibility index (Phi) is 5.58. The number of nitrogens with two attached hydrogens (primary N) is 1. The van der Waals surface area contributed by atoms with E-state index in [-0.39, 0.29) is 11.5 Å². The van der Waals surface area contributed by atoms with Crippen LogP contribution < -0.4 is 5.73 Å². The standard InChI is InChI=1S/C20H27N/c1-3-5-16-19(21)20(4-2,17-12-8-6-9-13-17)18-14-10-7-11-15-18/h6-15,19H,3-5,16,21H2,1-2H3. The number of unbranched alkanes of at least 4 members (excludes halogenated alkanes) is 1. The van der Waals surface area contributed by atoms with Gasteiger partial charge in [0.15, 0.2) is 0 Å². The zero-order valence-electron chi connectivity index (χ0n) is 13.3. The molecule has 1 heteroatoms. The van der Waals surface area contributed by atoms with Crippen LogP contribution in [-0.4, -0.2) is 6.04 Å². The van der Waals surface area contributed by atoms with Crippen LogP contribution in [0.25, 0.3) is 0 Å². The lowest BCUT2D eigenvalue weighted by Gasteiger charge is -2.40. The number of hydrogen-bond donors (Lipinski definition) is 1. The molecule has 1 unspecified atom stereocenters. The molecule has 2 N–H and O–H groups in total. The van der Waals surface area contributed by atoms with Crippen LogP contribution in [0.3, 0.4) is 0 Å². The summed E-state index contributed by atoms with van der Waals surface area (Å²) >= 11 is 0. The number of hydrogen-bond acceptors (Lipinski definition) is 1. The van der Waals surface area contributed by atoms with E-state index in [1.807, 2.05) is 0 Å². The lowest BCUT2D eigenvalue weighted by atomic mass is 9.66. The van der Waals surface area contributed by atoms with E-state index in [0.29, 0.717) is 0 Å². The highest BCUT2D eigenvalue weighted by Gasteiger charge is 2.37. The molecule has 112 valence electrons. The van der Waals surface area contributed by atoms with Crippen molar-refractivity contribution in [2.24, 2.45) is 5.73 Å². The maximum Gasteiger partial charge on any atom is 0.0351 e. The summed E-state index contributed by atoms with van der Waals surface area (Å²) < 4.78 is 0. The van der Waals surface area contributed by atoms with Gasteiger partial charge in [-0.2, -0.15) is 0 Å². The average molecular weight is 281 g/mol. The molecule has 21 heavy (non-hydrogen) atoms. The van der Waals surface area contributed by atoms with Crippen molar-refractivity contribution in [1.29, 1.82) is 0 Å². The predicted octanol–water partition coefficient (Wildman–Crippen LogP) is 4.90. The molecule has 2 aromatic rings. The molecule has 0 radical (unpaired) electrons. The van der Waals surface area contributed by atoms with Gasteiger partial charge in [0.2, 0.25) is 0 Å². The van der Waals surface area contributed by atoms with Crippen molar-refractivity contribution in [2.45, 2.75) is 51.0 Å². The molecule has 1 nitrogen and oxygen atoms in total. The highest BCUT2D eigenvalue weighted by molar-refractivity contribution is 5.41. The quantitative estimate of drug-likeness (QED) is 0.767.